The van der Waals surface area contributed by atoms with Crippen LogP contribution in [0.15, 0.2) is 24.3 Å². The predicted octanol–water partition coefficient (Wildman–Crippen LogP) is 3.26. The van der Waals surface area contributed by atoms with Crippen LogP contribution in [0.4, 0.5) is 0 Å². The van der Waals surface area contributed by atoms with Crippen molar-refractivity contribution in [2.75, 3.05) is 0 Å². The zero-order valence-corrected chi connectivity index (χ0v) is 9.31. The SMILES string of the molecule is CC(C)N.CCc1ccc(Cl)cc1. The molecule has 1 aromatic rings. The van der Waals surface area contributed by atoms with E-state index in [-0.39, 0.29) is 0 Å². The summed E-state index contributed by atoms with van der Waals surface area (Å²) in [6.07, 6.45) is 1.08. The standard InChI is InChI=1S/C8H9Cl.C3H9N/c1-2-7-3-5-8(9)6-4-7;1-3(2)4/h3-6H,2H2,1H3;3H,4H2,1-2H3. The summed E-state index contributed by atoms with van der Waals surface area (Å²) >= 11 is 5.67. The first kappa shape index (κ1) is 12.5. The Morgan fingerprint density at radius 2 is 1.62 bits per heavy atom. The summed E-state index contributed by atoms with van der Waals surface area (Å²) in [5.74, 6) is 0. The topological polar surface area (TPSA) is 26.0 Å². The van der Waals surface area contributed by atoms with Gasteiger partial charge in [0.1, 0.15) is 0 Å². The molecule has 0 unspecified atom stereocenters. The van der Waals surface area contributed by atoms with Gasteiger partial charge < -0.3 is 5.73 Å². The molecule has 0 saturated heterocycles. The van der Waals surface area contributed by atoms with Crippen molar-refractivity contribution in [1.82, 2.24) is 0 Å². The Morgan fingerprint density at radius 1 is 1.23 bits per heavy atom. The third-order valence-corrected chi connectivity index (χ3v) is 1.57. The van der Waals surface area contributed by atoms with E-state index in [9.17, 15) is 0 Å². The summed E-state index contributed by atoms with van der Waals surface area (Å²) in [5.41, 5.74) is 6.44. The lowest BCUT2D eigenvalue weighted by Gasteiger charge is -1.93. The van der Waals surface area contributed by atoms with Crippen LogP contribution in [0.5, 0.6) is 0 Å². The minimum atomic E-state index is 0.333. The lowest BCUT2D eigenvalue weighted by Crippen LogP contribution is -2.06. The van der Waals surface area contributed by atoms with E-state index < -0.39 is 0 Å². The van der Waals surface area contributed by atoms with E-state index in [2.05, 4.69) is 6.92 Å². The molecule has 0 heterocycles. The van der Waals surface area contributed by atoms with Gasteiger partial charge in [0.15, 0.2) is 0 Å². The van der Waals surface area contributed by atoms with Crippen molar-refractivity contribution in [1.29, 1.82) is 0 Å². The Labute approximate surface area is 85.9 Å². The second kappa shape index (κ2) is 6.93. The maximum Gasteiger partial charge on any atom is 0.0406 e. The van der Waals surface area contributed by atoms with E-state index in [1.165, 1.54) is 5.56 Å². The highest BCUT2D eigenvalue weighted by molar-refractivity contribution is 6.30. The maximum absolute atomic E-state index is 5.67. The Morgan fingerprint density at radius 3 is 1.92 bits per heavy atom. The molecule has 0 aromatic heterocycles. The minimum Gasteiger partial charge on any atom is -0.328 e. The number of hydrogen-bond donors (Lipinski definition) is 1. The first-order chi connectivity index (χ1) is 6.06. The van der Waals surface area contributed by atoms with Crippen LogP contribution in [-0.4, -0.2) is 6.04 Å². The number of benzene rings is 1. The normalized spacial score (nSPS) is 9.38. The quantitative estimate of drug-likeness (QED) is 0.739. The predicted molar refractivity (Wildman–Crippen MR) is 60.2 cm³/mol. The first-order valence-electron chi connectivity index (χ1n) is 4.56. The lowest BCUT2D eigenvalue weighted by molar-refractivity contribution is 0.834. The first-order valence-corrected chi connectivity index (χ1v) is 4.94. The molecule has 2 heteroatoms. The lowest BCUT2D eigenvalue weighted by atomic mass is 10.2. The minimum absolute atomic E-state index is 0.333. The third-order valence-electron chi connectivity index (χ3n) is 1.32. The molecule has 0 aliphatic carbocycles. The van der Waals surface area contributed by atoms with E-state index >= 15 is 0 Å². The molecule has 0 bridgehead atoms. The van der Waals surface area contributed by atoms with Gasteiger partial charge in [0.2, 0.25) is 0 Å². The highest BCUT2D eigenvalue weighted by atomic mass is 35.5. The van der Waals surface area contributed by atoms with Crippen LogP contribution in [0.1, 0.15) is 26.3 Å². The molecule has 0 fully saturated rings. The van der Waals surface area contributed by atoms with E-state index in [4.69, 9.17) is 17.3 Å². The van der Waals surface area contributed by atoms with Crippen molar-refractivity contribution in [3.8, 4) is 0 Å². The second-order valence-corrected chi connectivity index (χ2v) is 3.66. The second-order valence-electron chi connectivity index (χ2n) is 3.22. The van der Waals surface area contributed by atoms with Crippen LogP contribution in [0.2, 0.25) is 5.02 Å². The van der Waals surface area contributed by atoms with Gasteiger partial charge in [-0.2, -0.15) is 0 Å². The molecule has 0 aliphatic heterocycles. The van der Waals surface area contributed by atoms with Crippen molar-refractivity contribution in [2.24, 2.45) is 5.73 Å². The number of halogens is 1. The Bertz CT molecular complexity index is 213. The molecular formula is C11H18ClN. The summed E-state index contributed by atoms with van der Waals surface area (Å²) in [5, 5.41) is 0.812. The molecule has 0 atom stereocenters. The molecule has 74 valence electrons. The van der Waals surface area contributed by atoms with E-state index in [1.54, 1.807) is 0 Å². The van der Waals surface area contributed by atoms with Gasteiger partial charge in [-0.25, -0.2) is 0 Å². The molecule has 1 rings (SSSR count). The van der Waals surface area contributed by atoms with Crippen LogP contribution in [0.3, 0.4) is 0 Å². The number of nitrogens with two attached hydrogens (primary N) is 1. The Kier molecular flexibility index (Phi) is 6.65. The van der Waals surface area contributed by atoms with Gasteiger partial charge in [-0.15, -0.1) is 0 Å². The third kappa shape index (κ3) is 7.82. The van der Waals surface area contributed by atoms with Gasteiger partial charge in [-0.1, -0.05) is 44.5 Å². The summed E-state index contributed by atoms with van der Waals surface area (Å²) in [6.45, 7) is 6.02. The van der Waals surface area contributed by atoms with Crippen molar-refractivity contribution < 1.29 is 0 Å². The fourth-order valence-corrected chi connectivity index (χ4v) is 0.846. The Balaban J connectivity index is 0.000000310. The van der Waals surface area contributed by atoms with Crippen LogP contribution < -0.4 is 5.73 Å². The molecule has 13 heavy (non-hydrogen) atoms. The molecule has 1 aromatic carbocycles. The van der Waals surface area contributed by atoms with Crippen molar-refractivity contribution in [3.63, 3.8) is 0 Å². The Hall–Kier alpha value is -0.530. The highest BCUT2D eigenvalue weighted by Crippen LogP contribution is 2.09. The van der Waals surface area contributed by atoms with E-state index in [0.717, 1.165) is 11.4 Å². The van der Waals surface area contributed by atoms with Crippen LogP contribution in [0, 0.1) is 0 Å². The molecule has 0 spiro atoms. The maximum atomic E-state index is 5.67. The molecule has 0 saturated carbocycles. The van der Waals surface area contributed by atoms with Crippen LogP contribution in [-0.2, 0) is 6.42 Å². The van der Waals surface area contributed by atoms with Crippen LogP contribution >= 0.6 is 11.6 Å². The fourth-order valence-electron chi connectivity index (χ4n) is 0.720. The highest BCUT2D eigenvalue weighted by Gasteiger charge is 1.86. The molecule has 0 amide bonds. The van der Waals surface area contributed by atoms with Gasteiger partial charge in [-0.3, -0.25) is 0 Å². The van der Waals surface area contributed by atoms with Crippen molar-refractivity contribution in [2.45, 2.75) is 33.2 Å². The monoisotopic (exact) mass is 199 g/mol. The average molecular weight is 200 g/mol. The van der Waals surface area contributed by atoms with Crippen molar-refractivity contribution in [3.05, 3.63) is 34.9 Å². The zero-order valence-electron chi connectivity index (χ0n) is 8.55. The zero-order chi connectivity index (χ0) is 10.3. The number of rotatable bonds is 1. The number of hydrogen-bond acceptors (Lipinski definition) is 1. The summed E-state index contributed by atoms with van der Waals surface area (Å²) in [6, 6.07) is 8.26. The van der Waals surface area contributed by atoms with E-state index in [1.807, 2.05) is 38.1 Å². The summed E-state index contributed by atoms with van der Waals surface area (Å²) in [4.78, 5) is 0. The summed E-state index contributed by atoms with van der Waals surface area (Å²) in [7, 11) is 0. The van der Waals surface area contributed by atoms with Gasteiger partial charge in [-0.05, 0) is 30.2 Å². The average Bonchev–Trinajstić information content (AvgIpc) is 2.05. The van der Waals surface area contributed by atoms with Gasteiger partial charge in [0, 0.05) is 5.02 Å². The van der Waals surface area contributed by atoms with Crippen LogP contribution in [0.25, 0.3) is 0 Å². The summed E-state index contributed by atoms with van der Waals surface area (Å²) < 4.78 is 0. The molecule has 0 radical (unpaired) electrons. The number of aryl methyl sites for hydroxylation is 1. The largest absolute Gasteiger partial charge is 0.328 e. The van der Waals surface area contributed by atoms with Gasteiger partial charge in [0.25, 0.3) is 0 Å². The molecule has 0 aliphatic rings. The molecule has 1 nitrogen and oxygen atoms in total. The molecular weight excluding hydrogens is 182 g/mol. The van der Waals surface area contributed by atoms with Gasteiger partial charge in [0.05, 0.1) is 0 Å². The van der Waals surface area contributed by atoms with Gasteiger partial charge >= 0.3 is 0 Å². The van der Waals surface area contributed by atoms with Crippen molar-refractivity contribution >= 4 is 11.6 Å². The smallest absolute Gasteiger partial charge is 0.0406 e. The fraction of sp³-hybridized carbons (Fsp3) is 0.455. The van der Waals surface area contributed by atoms with E-state index in [0.29, 0.717) is 6.04 Å². The molecule has 2 N–H and O–H groups in total.